The zero-order chi connectivity index (χ0) is 15.0. The topological polar surface area (TPSA) is 52.3 Å². The van der Waals surface area contributed by atoms with Gasteiger partial charge >= 0.3 is 5.97 Å². The molecule has 1 aliphatic carbocycles. The van der Waals surface area contributed by atoms with Crippen LogP contribution in [0.3, 0.4) is 0 Å². The summed E-state index contributed by atoms with van der Waals surface area (Å²) < 4.78 is 10.6. The fourth-order valence-electron chi connectivity index (χ4n) is 2.09. The number of esters is 1. The number of nitrogens with zero attached hydrogens (tertiary/aromatic N) is 1. The summed E-state index contributed by atoms with van der Waals surface area (Å²) in [6.45, 7) is 2.04. The zero-order valence-corrected chi connectivity index (χ0v) is 12.9. The molecule has 110 valence electrons. The van der Waals surface area contributed by atoms with Crippen LogP contribution in [-0.2, 0) is 4.74 Å². The number of carbonyl (C=O) groups excluding carboxylic acids is 1. The van der Waals surface area contributed by atoms with E-state index in [4.69, 9.17) is 32.4 Å². The monoisotopic (exact) mass is 325 g/mol. The van der Waals surface area contributed by atoms with E-state index in [0.717, 1.165) is 12.8 Å². The number of rotatable bonds is 4. The van der Waals surface area contributed by atoms with Crippen molar-refractivity contribution in [2.24, 2.45) is 0 Å². The minimum atomic E-state index is -0.490. The average Bonchev–Trinajstić information content (AvgIpc) is 3.21. The third-order valence-electron chi connectivity index (χ3n) is 3.26. The first-order valence-corrected chi connectivity index (χ1v) is 7.49. The van der Waals surface area contributed by atoms with Crippen LogP contribution in [0.2, 0.25) is 10.0 Å². The van der Waals surface area contributed by atoms with Crippen molar-refractivity contribution < 1.29 is 13.9 Å². The Hall–Kier alpha value is -1.52. The van der Waals surface area contributed by atoms with Crippen LogP contribution in [0.1, 0.15) is 41.9 Å². The van der Waals surface area contributed by atoms with Gasteiger partial charge in [0.1, 0.15) is 0 Å². The summed E-state index contributed by atoms with van der Waals surface area (Å²) in [5.74, 6) is 0.244. The number of oxazole rings is 1. The quantitative estimate of drug-likeness (QED) is 0.764. The number of ether oxygens (including phenoxy) is 1. The zero-order valence-electron chi connectivity index (χ0n) is 11.4. The van der Waals surface area contributed by atoms with E-state index in [9.17, 15) is 4.79 Å². The first-order valence-electron chi connectivity index (χ1n) is 6.74. The second-order valence-corrected chi connectivity index (χ2v) is 5.61. The summed E-state index contributed by atoms with van der Waals surface area (Å²) in [4.78, 5) is 16.4. The van der Waals surface area contributed by atoms with E-state index in [1.807, 2.05) is 0 Å². The fourth-order valence-corrected chi connectivity index (χ4v) is 2.47. The van der Waals surface area contributed by atoms with Crippen molar-refractivity contribution in [3.05, 3.63) is 39.7 Å². The van der Waals surface area contributed by atoms with Gasteiger partial charge in [-0.05, 0) is 31.9 Å². The SMILES string of the molecule is CCOC(=O)c1oc(-c2cccc(Cl)c2Cl)nc1C1CC1. The molecule has 1 aromatic carbocycles. The lowest BCUT2D eigenvalue weighted by atomic mass is 10.2. The van der Waals surface area contributed by atoms with Gasteiger partial charge in [0.15, 0.2) is 0 Å². The van der Waals surface area contributed by atoms with Crippen molar-refractivity contribution in [3.63, 3.8) is 0 Å². The molecule has 21 heavy (non-hydrogen) atoms. The molecule has 3 rings (SSSR count). The maximum Gasteiger partial charge on any atom is 0.376 e. The Morgan fingerprint density at radius 3 is 2.86 bits per heavy atom. The standard InChI is InChI=1S/C15H13Cl2NO3/c1-2-20-15(19)13-12(8-6-7-8)18-14(21-13)9-4-3-5-10(16)11(9)17/h3-5,8H,2,6-7H2,1H3. The van der Waals surface area contributed by atoms with Gasteiger partial charge in [-0.3, -0.25) is 0 Å². The molecule has 1 fully saturated rings. The Morgan fingerprint density at radius 1 is 1.43 bits per heavy atom. The van der Waals surface area contributed by atoms with Crippen molar-refractivity contribution in [1.29, 1.82) is 0 Å². The van der Waals surface area contributed by atoms with Crippen molar-refractivity contribution >= 4 is 29.2 Å². The predicted octanol–water partition coefficient (Wildman–Crippen LogP) is 4.70. The summed E-state index contributed by atoms with van der Waals surface area (Å²) in [6.07, 6.45) is 2.00. The molecule has 0 unspecified atom stereocenters. The average molecular weight is 326 g/mol. The number of aromatic nitrogens is 1. The van der Waals surface area contributed by atoms with Crippen LogP contribution in [0.15, 0.2) is 22.6 Å². The molecule has 1 saturated carbocycles. The Balaban J connectivity index is 2.06. The van der Waals surface area contributed by atoms with Gasteiger partial charge in [-0.15, -0.1) is 0 Å². The lowest BCUT2D eigenvalue weighted by molar-refractivity contribution is 0.0489. The Labute approximate surface area is 132 Å². The molecule has 1 aromatic heterocycles. The molecule has 6 heteroatoms. The first kappa shape index (κ1) is 14.4. The van der Waals surface area contributed by atoms with E-state index >= 15 is 0 Å². The third-order valence-corrected chi connectivity index (χ3v) is 4.08. The van der Waals surface area contributed by atoms with Crippen LogP contribution < -0.4 is 0 Å². The van der Waals surface area contributed by atoms with E-state index in [2.05, 4.69) is 4.98 Å². The molecular weight excluding hydrogens is 313 g/mol. The predicted molar refractivity (Wildman–Crippen MR) is 79.9 cm³/mol. The fraction of sp³-hybridized carbons (Fsp3) is 0.333. The Kier molecular flexibility index (Phi) is 3.91. The highest BCUT2D eigenvalue weighted by Gasteiger charge is 2.34. The van der Waals surface area contributed by atoms with Crippen molar-refractivity contribution in [3.8, 4) is 11.5 Å². The second kappa shape index (κ2) is 5.70. The summed E-state index contributed by atoms with van der Waals surface area (Å²) in [5.41, 5.74) is 1.22. The van der Waals surface area contributed by atoms with Gasteiger partial charge in [-0.1, -0.05) is 29.3 Å². The van der Waals surface area contributed by atoms with Crippen LogP contribution >= 0.6 is 23.2 Å². The van der Waals surface area contributed by atoms with E-state index in [1.165, 1.54) is 0 Å². The van der Waals surface area contributed by atoms with Crippen LogP contribution in [0, 0.1) is 0 Å². The highest BCUT2D eigenvalue weighted by atomic mass is 35.5. The number of halogens is 2. The molecule has 0 spiro atoms. The largest absolute Gasteiger partial charge is 0.460 e. The van der Waals surface area contributed by atoms with E-state index in [1.54, 1.807) is 25.1 Å². The number of benzene rings is 1. The van der Waals surface area contributed by atoms with Gasteiger partial charge in [0.2, 0.25) is 11.7 Å². The molecule has 4 nitrogen and oxygen atoms in total. The molecule has 0 N–H and O–H groups in total. The minimum Gasteiger partial charge on any atom is -0.460 e. The van der Waals surface area contributed by atoms with Gasteiger partial charge in [-0.2, -0.15) is 0 Å². The highest BCUT2D eigenvalue weighted by Crippen LogP contribution is 2.43. The van der Waals surface area contributed by atoms with E-state index in [0.29, 0.717) is 27.2 Å². The van der Waals surface area contributed by atoms with Gasteiger partial charge in [0, 0.05) is 5.92 Å². The van der Waals surface area contributed by atoms with Crippen LogP contribution in [0.5, 0.6) is 0 Å². The van der Waals surface area contributed by atoms with Crippen molar-refractivity contribution in [2.75, 3.05) is 6.61 Å². The molecule has 2 aromatic rings. The molecule has 1 aliphatic rings. The number of carbonyl (C=O) groups is 1. The van der Waals surface area contributed by atoms with Gasteiger partial charge in [0.05, 0.1) is 27.9 Å². The summed E-state index contributed by atoms with van der Waals surface area (Å²) in [7, 11) is 0. The Bertz CT molecular complexity index is 692. The molecule has 1 heterocycles. The smallest absolute Gasteiger partial charge is 0.376 e. The molecule has 0 atom stereocenters. The molecule has 0 amide bonds. The summed E-state index contributed by atoms with van der Waals surface area (Å²) >= 11 is 12.2. The van der Waals surface area contributed by atoms with Gasteiger partial charge < -0.3 is 9.15 Å². The van der Waals surface area contributed by atoms with Crippen molar-refractivity contribution in [1.82, 2.24) is 4.98 Å². The summed E-state index contributed by atoms with van der Waals surface area (Å²) in [5, 5.41) is 0.774. The molecule has 0 radical (unpaired) electrons. The van der Waals surface area contributed by atoms with E-state index in [-0.39, 0.29) is 18.3 Å². The number of hydrogen-bond donors (Lipinski definition) is 0. The lowest BCUT2D eigenvalue weighted by Crippen LogP contribution is -2.05. The van der Waals surface area contributed by atoms with Gasteiger partial charge in [0.25, 0.3) is 0 Å². The van der Waals surface area contributed by atoms with Gasteiger partial charge in [-0.25, -0.2) is 9.78 Å². The minimum absolute atomic E-state index is 0.172. The maximum absolute atomic E-state index is 12.0. The third kappa shape index (κ3) is 2.78. The second-order valence-electron chi connectivity index (χ2n) is 4.83. The van der Waals surface area contributed by atoms with Crippen molar-refractivity contribution in [2.45, 2.75) is 25.7 Å². The normalized spacial score (nSPS) is 14.2. The maximum atomic E-state index is 12.0. The molecule has 0 saturated heterocycles. The van der Waals surface area contributed by atoms with Crippen LogP contribution in [0.25, 0.3) is 11.5 Å². The van der Waals surface area contributed by atoms with E-state index < -0.39 is 5.97 Å². The summed E-state index contributed by atoms with van der Waals surface area (Å²) in [6, 6.07) is 5.20. The lowest BCUT2D eigenvalue weighted by Gasteiger charge is -2.01. The molecule has 0 aliphatic heterocycles. The molecule has 0 bridgehead atoms. The van der Waals surface area contributed by atoms with Crippen LogP contribution in [0.4, 0.5) is 0 Å². The molecular formula is C15H13Cl2NO3. The first-order chi connectivity index (χ1) is 10.1. The Morgan fingerprint density at radius 2 is 2.19 bits per heavy atom. The number of hydrogen-bond acceptors (Lipinski definition) is 4. The van der Waals surface area contributed by atoms with Crippen LogP contribution in [-0.4, -0.2) is 17.6 Å². The highest BCUT2D eigenvalue weighted by molar-refractivity contribution is 6.43.